The van der Waals surface area contributed by atoms with Gasteiger partial charge in [0.1, 0.15) is 11.6 Å². The van der Waals surface area contributed by atoms with Crippen molar-refractivity contribution in [3.63, 3.8) is 0 Å². The first-order valence-corrected chi connectivity index (χ1v) is 9.65. The second-order valence-corrected chi connectivity index (χ2v) is 7.27. The molecule has 8 heteroatoms. The summed E-state index contributed by atoms with van der Waals surface area (Å²) >= 11 is 0. The van der Waals surface area contributed by atoms with Crippen molar-refractivity contribution in [3.8, 4) is 5.69 Å². The Kier molecular flexibility index (Phi) is 6.84. The van der Waals surface area contributed by atoms with Crippen molar-refractivity contribution in [2.75, 3.05) is 18.4 Å². The molecule has 1 aromatic heterocycles. The molecule has 30 heavy (non-hydrogen) atoms. The van der Waals surface area contributed by atoms with Crippen LogP contribution in [0.5, 0.6) is 0 Å². The smallest absolute Gasteiger partial charge is 0.259 e. The maximum atomic E-state index is 13.8. The largest absolute Gasteiger partial charge is 0.322 e. The third-order valence-electron chi connectivity index (χ3n) is 5.27. The number of carbonyl (C=O) groups is 1. The molecule has 4 rings (SSSR count). The Morgan fingerprint density at radius 3 is 2.57 bits per heavy atom. The Bertz CT molecular complexity index is 1050. The van der Waals surface area contributed by atoms with Crippen molar-refractivity contribution in [1.29, 1.82) is 0 Å². The monoisotopic (exact) mass is 432 g/mol. The van der Waals surface area contributed by atoms with E-state index < -0.39 is 0 Å². The van der Waals surface area contributed by atoms with Gasteiger partial charge in [0.05, 0.1) is 23.1 Å². The summed E-state index contributed by atoms with van der Waals surface area (Å²) in [6.07, 6.45) is 3.24. The average molecular weight is 433 g/mol. The van der Waals surface area contributed by atoms with Crippen molar-refractivity contribution in [2.45, 2.75) is 25.7 Å². The van der Waals surface area contributed by atoms with Gasteiger partial charge in [-0.3, -0.25) is 4.79 Å². The zero-order chi connectivity index (χ0) is 20.4. The van der Waals surface area contributed by atoms with E-state index >= 15 is 0 Å². The molecule has 0 unspecified atom stereocenters. The van der Waals surface area contributed by atoms with Gasteiger partial charge in [-0.2, -0.15) is 5.10 Å². The molecular formula is C22H23ClF2N4O. The van der Waals surface area contributed by atoms with Gasteiger partial charge < -0.3 is 10.6 Å². The molecule has 1 amide bonds. The molecule has 158 valence electrons. The molecule has 0 bridgehead atoms. The van der Waals surface area contributed by atoms with Gasteiger partial charge in [0, 0.05) is 11.6 Å². The molecule has 2 N–H and O–H groups in total. The summed E-state index contributed by atoms with van der Waals surface area (Å²) in [6, 6.07) is 10.4. The molecule has 0 radical (unpaired) electrons. The first-order chi connectivity index (χ1) is 14.0. The van der Waals surface area contributed by atoms with E-state index in [-0.39, 0.29) is 35.9 Å². The molecule has 1 fully saturated rings. The fraction of sp³-hybridized carbons (Fsp3) is 0.273. The van der Waals surface area contributed by atoms with Crippen molar-refractivity contribution in [3.05, 3.63) is 77.1 Å². The minimum Gasteiger partial charge on any atom is -0.322 e. The number of nitrogens with zero attached hydrogens (tertiary/aromatic N) is 2. The zero-order valence-corrected chi connectivity index (χ0v) is 17.3. The lowest BCUT2D eigenvalue weighted by Crippen LogP contribution is -2.29. The van der Waals surface area contributed by atoms with Crippen LogP contribution in [0.1, 0.15) is 40.4 Å². The molecule has 0 saturated carbocycles. The maximum Gasteiger partial charge on any atom is 0.259 e. The Labute approximate surface area is 179 Å². The van der Waals surface area contributed by atoms with Crippen LogP contribution >= 0.6 is 12.4 Å². The molecule has 1 saturated heterocycles. The van der Waals surface area contributed by atoms with Crippen LogP contribution in [0.4, 0.5) is 14.5 Å². The standard InChI is InChI=1S/C22H22F2N4O.ClH/c1-14-11-17(24)5-6-20(14)27-22(29)19-13-26-28(18-4-2-3-16(23)12-18)21(19)15-7-9-25-10-8-15;/h2-6,11-13,15,25H,7-10H2,1H3,(H,27,29);1H. The number of aryl methyl sites for hydroxylation is 1. The number of hydrogen-bond acceptors (Lipinski definition) is 3. The molecule has 0 spiro atoms. The van der Waals surface area contributed by atoms with E-state index in [0.717, 1.165) is 31.6 Å². The normalized spacial score (nSPS) is 14.2. The lowest BCUT2D eigenvalue weighted by Gasteiger charge is -2.24. The van der Waals surface area contributed by atoms with Crippen LogP contribution < -0.4 is 10.6 Å². The first kappa shape index (κ1) is 21.9. The molecule has 0 atom stereocenters. The van der Waals surface area contributed by atoms with Gasteiger partial charge in [0.2, 0.25) is 0 Å². The van der Waals surface area contributed by atoms with E-state index in [1.54, 1.807) is 29.8 Å². The number of carbonyl (C=O) groups excluding carboxylic acids is 1. The minimum atomic E-state index is -0.359. The highest BCUT2D eigenvalue weighted by atomic mass is 35.5. The highest BCUT2D eigenvalue weighted by molar-refractivity contribution is 6.05. The number of hydrogen-bond donors (Lipinski definition) is 2. The number of benzene rings is 2. The maximum absolute atomic E-state index is 13.8. The summed E-state index contributed by atoms with van der Waals surface area (Å²) in [7, 11) is 0. The number of halogens is 3. The molecular weight excluding hydrogens is 410 g/mol. The topological polar surface area (TPSA) is 59.0 Å². The fourth-order valence-electron chi connectivity index (χ4n) is 3.79. The van der Waals surface area contributed by atoms with Crippen molar-refractivity contribution >= 4 is 24.0 Å². The molecule has 5 nitrogen and oxygen atoms in total. The van der Waals surface area contributed by atoms with Crippen molar-refractivity contribution < 1.29 is 13.6 Å². The average Bonchev–Trinajstić information content (AvgIpc) is 3.16. The summed E-state index contributed by atoms with van der Waals surface area (Å²) in [4.78, 5) is 13.1. The third-order valence-corrected chi connectivity index (χ3v) is 5.27. The van der Waals surface area contributed by atoms with E-state index in [9.17, 15) is 13.6 Å². The van der Waals surface area contributed by atoms with Gasteiger partial charge in [0.25, 0.3) is 5.91 Å². The SMILES string of the molecule is Cc1cc(F)ccc1NC(=O)c1cnn(-c2cccc(F)c2)c1C1CCNCC1.Cl. The second-order valence-electron chi connectivity index (χ2n) is 7.27. The summed E-state index contributed by atoms with van der Waals surface area (Å²) in [5.74, 6) is -0.898. The van der Waals surface area contributed by atoms with Gasteiger partial charge >= 0.3 is 0 Å². The van der Waals surface area contributed by atoms with Crippen LogP contribution in [0.3, 0.4) is 0 Å². The van der Waals surface area contributed by atoms with Gasteiger partial charge in [-0.1, -0.05) is 6.07 Å². The van der Waals surface area contributed by atoms with Crippen LogP contribution in [0.2, 0.25) is 0 Å². The molecule has 1 aliphatic rings. The number of amides is 1. The summed E-state index contributed by atoms with van der Waals surface area (Å²) < 4.78 is 28.8. The Hall–Kier alpha value is -2.77. The first-order valence-electron chi connectivity index (χ1n) is 9.65. The van der Waals surface area contributed by atoms with Gasteiger partial charge in [-0.15, -0.1) is 12.4 Å². The molecule has 0 aliphatic carbocycles. The van der Waals surface area contributed by atoms with Crippen LogP contribution in [0, 0.1) is 18.6 Å². The summed E-state index contributed by atoms with van der Waals surface area (Å²) in [5.41, 5.74) is 2.99. The Morgan fingerprint density at radius 1 is 1.13 bits per heavy atom. The Balaban J connectivity index is 0.00000256. The van der Waals surface area contributed by atoms with Gasteiger partial charge in [-0.05, 0) is 74.8 Å². The number of rotatable bonds is 4. The zero-order valence-electron chi connectivity index (χ0n) is 16.5. The number of nitrogens with one attached hydrogen (secondary N) is 2. The van der Waals surface area contributed by atoms with E-state index in [1.807, 2.05) is 0 Å². The lowest BCUT2D eigenvalue weighted by atomic mass is 9.91. The van der Waals surface area contributed by atoms with Gasteiger partial charge in [-0.25, -0.2) is 13.5 Å². The van der Waals surface area contributed by atoms with Crippen LogP contribution in [-0.2, 0) is 0 Å². The number of aromatic nitrogens is 2. The third kappa shape index (κ3) is 4.52. The number of anilines is 1. The van der Waals surface area contributed by atoms with Gasteiger partial charge in [0.15, 0.2) is 0 Å². The molecule has 2 heterocycles. The number of piperidine rings is 1. The fourth-order valence-corrected chi connectivity index (χ4v) is 3.79. The van der Waals surface area contributed by atoms with E-state index in [1.165, 1.54) is 30.5 Å². The van der Waals surface area contributed by atoms with Crippen LogP contribution in [0.15, 0.2) is 48.7 Å². The Morgan fingerprint density at radius 2 is 1.87 bits per heavy atom. The van der Waals surface area contributed by atoms with Crippen molar-refractivity contribution in [1.82, 2.24) is 15.1 Å². The predicted octanol–water partition coefficient (Wildman–Crippen LogP) is 4.60. The van der Waals surface area contributed by atoms with E-state index in [4.69, 9.17) is 0 Å². The van der Waals surface area contributed by atoms with E-state index in [0.29, 0.717) is 22.5 Å². The summed E-state index contributed by atoms with van der Waals surface area (Å²) in [6.45, 7) is 3.43. The van der Waals surface area contributed by atoms with Crippen molar-refractivity contribution in [2.24, 2.45) is 0 Å². The summed E-state index contributed by atoms with van der Waals surface area (Å²) in [5, 5.41) is 10.6. The van der Waals surface area contributed by atoms with Crippen LogP contribution in [-0.4, -0.2) is 28.8 Å². The molecule has 1 aliphatic heterocycles. The minimum absolute atomic E-state index is 0. The molecule has 3 aromatic rings. The predicted molar refractivity (Wildman–Crippen MR) is 115 cm³/mol. The highest BCUT2D eigenvalue weighted by Gasteiger charge is 2.27. The highest BCUT2D eigenvalue weighted by Crippen LogP contribution is 2.31. The second kappa shape index (κ2) is 9.36. The lowest BCUT2D eigenvalue weighted by molar-refractivity contribution is 0.102. The molecule has 2 aromatic carbocycles. The van der Waals surface area contributed by atoms with E-state index in [2.05, 4.69) is 15.7 Å². The van der Waals surface area contributed by atoms with Crippen LogP contribution in [0.25, 0.3) is 5.69 Å². The quantitative estimate of drug-likeness (QED) is 0.633.